The minimum absolute atomic E-state index is 0.244. The molecule has 8 heteroatoms. The largest absolute Gasteiger partial charge is 0.411 e. The van der Waals surface area contributed by atoms with Gasteiger partial charge in [0.15, 0.2) is 5.13 Å². The lowest BCUT2D eigenvalue weighted by atomic mass is 10.2. The standard InChI is InChI=1S/C11H10N4O3S/c1-6(15-18)8-5-19-11(13-8)14-10(17)7-2-3-12-9(16)4-7/h2-5,18H,1H3,(H,12,16)(H,13,14,17)/b15-6-. The maximum absolute atomic E-state index is 11.8. The van der Waals surface area contributed by atoms with Gasteiger partial charge in [0, 0.05) is 23.2 Å². The van der Waals surface area contributed by atoms with Crippen LogP contribution >= 0.6 is 11.3 Å². The highest BCUT2D eigenvalue weighted by molar-refractivity contribution is 7.14. The summed E-state index contributed by atoms with van der Waals surface area (Å²) in [6.45, 7) is 1.59. The van der Waals surface area contributed by atoms with Gasteiger partial charge >= 0.3 is 0 Å². The molecule has 0 atom stereocenters. The predicted octanol–water partition coefficient (Wildman–Crippen LogP) is 1.28. The van der Waals surface area contributed by atoms with Crippen molar-refractivity contribution < 1.29 is 10.0 Å². The van der Waals surface area contributed by atoms with Gasteiger partial charge in [-0.25, -0.2) is 4.98 Å². The molecule has 0 aromatic carbocycles. The van der Waals surface area contributed by atoms with Crippen LogP contribution in [-0.4, -0.2) is 26.8 Å². The van der Waals surface area contributed by atoms with Crippen LogP contribution in [-0.2, 0) is 0 Å². The lowest BCUT2D eigenvalue weighted by Crippen LogP contribution is -2.15. The van der Waals surface area contributed by atoms with Gasteiger partial charge in [-0.3, -0.25) is 14.9 Å². The summed E-state index contributed by atoms with van der Waals surface area (Å²) in [5.74, 6) is -0.425. The summed E-state index contributed by atoms with van der Waals surface area (Å²) in [5, 5.41) is 16.2. The summed E-state index contributed by atoms with van der Waals surface area (Å²) in [5.41, 5.74) is 0.727. The molecule has 0 spiro atoms. The van der Waals surface area contributed by atoms with Crippen molar-refractivity contribution in [2.75, 3.05) is 5.32 Å². The average molecular weight is 278 g/mol. The minimum Gasteiger partial charge on any atom is -0.411 e. The Morgan fingerprint density at radius 2 is 2.37 bits per heavy atom. The van der Waals surface area contributed by atoms with Crippen LogP contribution in [0.25, 0.3) is 0 Å². The maximum Gasteiger partial charge on any atom is 0.257 e. The quantitative estimate of drug-likeness (QED) is 0.446. The molecule has 0 unspecified atom stereocenters. The van der Waals surface area contributed by atoms with Crippen molar-refractivity contribution in [3.8, 4) is 0 Å². The van der Waals surface area contributed by atoms with E-state index in [1.165, 1.54) is 29.7 Å². The molecular weight excluding hydrogens is 268 g/mol. The van der Waals surface area contributed by atoms with E-state index < -0.39 is 5.91 Å². The van der Waals surface area contributed by atoms with Crippen molar-refractivity contribution in [3.05, 3.63) is 45.3 Å². The van der Waals surface area contributed by atoms with E-state index in [1.807, 2.05) is 0 Å². The molecule has 0 aliphatic heterocycles. The Balaban J connectivity index is 2.15. The van der Waals surface area contributed by atoms with E-state index in [-0.39, 0.29) is 11.1 Å². The molecule has 0 aliphatic rings. The molecule has 98 valence electrons. The van der Waals surface area contributed by atoms with Gasteiger partial charge in [-0.15, -0.1) is 11.3 Å². The Kier molecular flexibility index (Phi) is 3.71. The maximum atomic E-state index is 11.8. The molecule has 2 aromatic rings. The molecule has 0 saturated heterocycles. The molecular formula is C11H10N4O3S. The smallest absolute Gasteiger partial charge is 0.257 e. The summed E-state index contributed by atoms with van der Waals surface area (Å²) in [6.07, 6.45) is 1.40. The fraction of sp³-hybridized carbons (Fsp3) is 0.0909. The first-order chi connectivity index (χ1) is 9.10. The number of rotatable bonds is 3. The van der Waals surface area contributed by atoms with E-state index in [0.717, 1.165) is 0 Å². The van der Waals surface area contributed by atoms with Gasteiger partial charge in [0.2, 0.25) is 5.56 Å². The SMILES string of the molecule is C/C(=N/O)c1csc(NC(=O)c2cc[nH]c(=O)c2)n1. The van der Waals surface area contributed by atoms with Crippen molar-refractivity contribution in [1.29, 1.82) is 0 Å². The Bertz CT molecular complexity index is 689. The van der Waals surface area contributed by atoms with E-state index in [4.69, 9.17) is 5.21 Å². The van der Waals surface area contributed by atoms with Gasteiger partial charge in [0.05, 0.1) is 0 Å². The number of amides is 1. The van der Waals surface area contributed by atoms with Crippen LogP contribution in [0.1, 0.15) is 23.0 Å². The van der Waals surface area contributed by atoms with Crippen molar-refractivity contribution in [3.63, 3.8) is 0 Å². The highest BCUT2D eigenvalue weighted by Crippen LogP contribution is 2.16. The number of aromatic amines is 1. The third kappa shape index (κ3) is 3.05. The van der Waals surface area contributed by atoms with Crippen LogP contribution < -0.4 is 10.9 Å². The molecule has 0 radical (unpaired) electrons. The van der Waals surface area contributed by atoms with E-state index in [0.29, 0.717) is 16.5 Å². The summed E-state index contributed by atoms with van der Waals surface area (Å²) < 4.78 is 0. The van der Waals surface area contributed by atoms with Crippen LogP contribution in [0, 0.1) is 0 Å². The fourth-order valence-corrected chi connectivity index (χ4v) is 2.05. The van der Waals surface area contributed by atoms with Crippen LogP contribution in [0.3, 0.4) is 0 Å². The average Bonchev–Trinajstić information content (AvgIpc) is 2.86. The van der Waals surface area contributed by atoms with Crippen molar-refractivity contribution in [1.82, 2.24) is 9.97 Å². The number of thiazole rings is 1. The Morgan fingerprint density at radius 3 is 3.05 bits per heavy atom. The molecule has 0 saturated carbocycles. The van der Waals surface area contributed by atoms with E-state index in [9.17, 15) is 9.59 Å². The summed E-state index contributed by atoms with van der Waals surface area (Å²) in [4.78, 5) is 29.4. The molecule has 19 heavy (non-hydrogen) atoms. The number of hydrogen-bond donors (Lipinski definition) is 3. The zero-order valence-electron chi connectivity index (χ0n) is 9.88. The number of carbonyl (C=O) groups excluding carboxylic acids is 1. The van der Waals surface area contributed by atoms with Crippen molar-refractivity contribution >= 4 is 28.1 Å². The Hall–Kier alpha value is -2.48. The van der Waals surface area contributed by atoms with Crippen molar-refractivity contribution in [2.24, 2.45) is 5.16 Å². The van der Waals surface area contributed by atoms with Gasteiger partial charge in [0.1, 0.15) is 11.4 Å². The number of pyridine rings is 1. The molecule has 1 amide bonds. The van der Waals surface area contributed by atoms with E-state index >= 15 is 0 Å². The topological polar surface area (TPSA) is 107 Å². The lowest BCUT2D eigenvalue weighted by molar-refractivity contribution is 0.102. The number of aromatic nitrogens is 2. The highest BCUT2D eigenvalue weighted by Gasteiger charge is 2.10. The van der Waals surface area contributed by atoms with Gasteiger partial charge in [0.25, 0.3) is 5.91 Å². The Labute approximate surface area is 111 Å². The molecule has 0 fully saturated rings. The summed E-state index contributed by atoms with van der Waals surface area (Å²) in [6, 6.07) is 2.69. The number of hydrogen-bond acceptors (Lipinski definition) is 6. The third-order valence-corrected chi connectivity index (χ3v) is 3.04. The monoisotopic (exact) mass is 278 g/mol. The number of H-pyrrole nitrogens is 1. The second kappa shape index (κ2) is 5.44. The molecule has 7 nitrogen and oxygen atoms in total. The Morgan fingerprint density at radius 1 is 1.58 bits per heavy atom. The normalized spacial score (nSPS) is 11.3. The second-order valence-corrected chi connectivity index (χ2v) is 4.48. The van der Waals surface area contributed by atoms with Gasteiger partial charge in [-0.2, -0.15) is 0 Å². The van der Waals surface area contributed by atoms with Gasteiger partial charge in [-0.05, 0) is 13.0 Å². The summed E-state index contributed by atoms with van der Waals surface area (Å²) >= 11 is 1.20. The minimum atomic E-state index is -0.425. The van der Waals surface area contributed by atoms with Crippen LogP contribution in [0.15, 0.2) is 33.7 Å². The first-order valence-corrected chi connectivity index (χ1v) is 6.13. The van der Waals surface area contributed by atoms with Crippen LogP contribution in [0.2, 0.25) is 0 Å². The molecule has 2 aromatic heterocycles. The zero-order valence-corrected chi connectivity index (χ0v) is 10.7. The lowest BCUT2D eigenvalue weighted by Gasteiger charge is -2.00. The number of oxime groups is 1. The molecule has 3 N–H and O–H groups in total. The predicted molar refractivity (Wildman–Crippen MR) is 71.1 cm³/mol. The molecule has 2 rings (SSSR count). The van der Waals surface area contributed by atoms with E-state index in [1.54, 1.807) is 12.3 Å². The van der Waals surface area contributed by atoms with Crippen LogP contribution in [0.4, 0.5) is 5.13 Å². The van der Waals surface area contributed by atoms with Crippen LogP contribution in [0.5, 0.6) is 0 Å². The molecule has 0 aliphatic carbocycles. The number of nitrogens with zero attached hydrogens (tertiary/aromatic N) is 2. The molecule has 2 heterocycles. The fourth-order valence-electron chi connectivity index (χ4n) is 1.30. The van der Waals surface area contributed by atoms with E-state index in [2.05, 4.69) is 20.4 Å². The number of nitrogens with one attached hydrogen (secondary N) is 2. The summed E-state index contributed by atoms with van der Waals surface area (Å²) in [7, 11) is 0. The number of carbonyl (C=O) groups is 1. The second-order valence-electron chi connectivity index (χ2n) is 3.62. The number of anilines is 1. The third-order valence-electron chi connectivity index (χ3n) is 2.28. The first kappa shape index (κ1) is 13.0. The van der Waals surface area contributed by atoms with Crippen molar-refractivity contribution in [2.45, 2.75) is 6.92 Å². The van der Waals surface area contributed by atoms with Gasteiger partial charge in [-0.1, -0.05) is 5.16 Å². The van der Waals surface area contributed by atoms with Gasteiger partial charge < -0.3 is 10.2 Å². The zero-order chi connectivity index (χ0) is 13.8. The first-order valence-electron chi connectivity index (χ1n) is 5.25. The highest BCUT2D eigenvalue weighted by atomic mass is 32.1. The molecule has 0 bridgehead atoms.